The molecule has 3 unspecified atom stereocenters. The lowest BCUT2D eigenvalue weighted by molar-refractivity contribution is -0.0474. The van der Waals surface area contributed by atoms with E-state index in [1.165, 1.54) is 0 Å². The zero-order valence-corrected chi connectivity index (χ0v) is 12.3. The Morgan fingerprint density at radius 3 is 2.47 bits per heavy atom. The molecule has 1 aromatic rings. The smallest absolute Gasteiger partial charge is 0.136 e. The molecule has 4 heteroatoms. The molecule has 1 saturated heterocycles. The van der Waals surface area contributed by atoms with Crippen LogP contribution in [0.5, 0.6) is 0 Å². The van der Waals surface area contributed by atoms with Crippen molar-refractivity contribution in [3.63, 3.8) is 0 Å². The van der Waals surface area contributed by atoms with Gasteiger partial charge in [0.2, 0.25) is 0 Å². The monoisotopic (exact) mass is 267 g/mol. The molecule has 108 valence electrons. The highest BCUT2D eigenvalue weighted by Crippen LogP contribution is 2.24. The quantitative estimate of drug-likeness (QED) is 0.879. The fourth-order valence-electron chi connectivity index (χ4n) is 2.73. The highest BCUT2D eigenvalue weighted by atomic mass is 16.5. The van der Waals surface area contributed by atoms with Crippen LogP contribution in [0.4, 0.5) is 0 Å². The Morgan fingerprint density at radius 2 is 1.95 bits per heavy atom. The summed E-state index contributed by atoms with van der Waals surface area (Å²) in [5.74, 6) is 1.44. The molecule has 0 amide bonds. The van der Waals surface area contributed by atoms with Gasteiger partial charge >= 0.3 is 0 Å². The van der Waals surface area contributed by atoms with Gasteiger partial charge in [-0.25, -0.2) is 0 Å². The average Bonchev–Trinajstić information content (AvgIpc) is 2.73. The minimum absolute atomic E-state index is 0.275. The summed E-state index contributed by atoms with van der Waals surface area (Å²) in [7, 11) is 0. The van der Waals surface area contributed by atoms with Crippen LogP contribution in [-0.4, -0.2) is 29.9 Å². The third-order valence-corrected chi connectivity index (χ3v) is 3.70. The van der Waals surface area contributed by atoms with Gasteiger partial charge in [-0.15, -0.1) is 0 Å². The molecule has 1 aliphatic rings. The van der Waals surface area contributed by atoms with E-state index in [-0.39, 0.29) is 12.2 Å². The molecule has 0 aliphatic carbocycles. The van der Waals surface area contributed by atoms with Crippen LogP contribution in [0.25, 0.3) is 0 Å². The predicted octanol–water partition coefficient (Wildman–Crippen LogP) is 2.34. The van der Waals surface area contributed by atoms with Crippen LogP contribution in [0, 0.1) is 6.92 Å². The maximum absolute atomic E-state index is 10.5. The first-order valence-electron chi connectivity index (χ1n) is 7.05. The maximum Gasteiger partial charge on any atom is 0.136 e. The molecule has 2 heterocycles. The van der Waals surface area contributed by atoms with Gasteiger partial charge in [-0.2, -0.15) is 0 Å². The molecule has 0 aromatic carbocycles. The Hall–Kier alpha value is -0.840. The third-order valence-electron chi connectivity index (χ3n) is 3.70. The fourth-order valence-corrected chi connectivity index (χ4v) is 2.73. The summed E-state index contributed by atoms with van der Waals surface area (Å²) in [5.41, 5.74) is -0.973. The van der Waals surface area contributed by atoms with Crippen molar-refractivity contribution in [1.29, 1.82) is 0 Å². The van der Waals surface area contributed by atoms with Crippen molar-refractivity contribution in [3.8, 4) is 0 Å². The van der Waals surface area contributed by atoms with Gasteiger partial charge in [-0.1, -0.05) is 0 Å². The van der Waals surface area contributed by atoms with Crippen LogP contribution in [0.3, 0.4) is 0 Å². The number of furan rings is 1. The van der Waals surface area contributed by atoms with Crippen LogP contribution >= 0.6 is 0 Å². The van der Waals surface area contributed by atoms with Gasteiger partial charge in [0, 0.05) is 12.6 Å². The number of aliphatic hydroxyl groups is 1. The molecule has 2 N–H and O–H groups in total. The molecule has 1 fully saturated rings. The fraction of sp³-hybridized carbons (Fsp3) is 0.733. The average molecular weight is 267 g/mol. The standard InChI is InChI=1S/C15H25NO3/c1-10-5-6-14(19-10)15(4,17)9-16-13-7-11(2)18-12(3)8-13/h5-6,11-13,16-17H,7-9H2,1-4H3. The van der Waals surface area contributed by atoms with Crippen molar-refractivity contribution in [2.24, 2.45) is 0 Å². The normalized spacial score (nSPS) is 31.1. The number of nitrogens with one attached hydrogen (secondary N) is 1. The molecule has 4 nitrogen and oxygen atoms in total. The van der Waals surface area contributed by atoms with E-state index in [9.17, 15) is 5.11 Å². The van der Waals surface area contributed by atoms with Crippen molar-refractivity contribution < 1.29 is 14.3 Å². The lowest BCUT2D eigenvalue weighted by Gasteiger charge is -2.34. The third kappa shape index (κ3) is 3.81. The Morgan fingerprint density at radius 1 is 1.32 bits per heavy atom. The van der Waals surface area contributed by atoms with Crippen molar-refractivity contribution >= 4 is 0 Å². The highest BCUT2D eigenvalue weighted by molar-refractivity contribution is 5.13. The Labute approximate surface area is 115 Å². The number of ether oxygens (including phenoxy) is 1. The lowest BCUT2D eigenvalue weighted by Crippen LogP contribution is -2.46. The van der Waals surface area contributed by atoms with Crippen molar-refractivity contribution in [3.05, 3.63) is 23.7 Å². The van der Waals surface area contributed by atoms with Gasteiger partial charge in [0.15, 0.2) is 0 Å². The van der Waals surface area contributed by atoms with E-state index >= 15 is 0 Å². The number of aryl methyl sites for hydroxylation is 1. The molecule has 0 bridgehead atoms. The second kappa shape index (κ2) is 5.65. The summed E-state index contributed by atoms with van der Waals surface area (Å²) >= 11 is 0. The van der Waals surface area contributed by atoms with E-state index in [4.69, 9.17) is 9.15 Å². The minimum atomic E-state index is -0.973. The second-order valence-corrected chi connectivity index (χ2v) is 5.99. The zero-order valence-electron chi connectivity index (χ0n) is 12.3. The van der Waals surface area contributed by atoms with E-state index in [1.54, 1.807) is 6.92 Å². The summed E-state index contributed by atoms with van der Waals surface area (Å²) in [4.78, 5) is 0. The first-order chi connectivity index (χ1) is 8.87. The molecule has 1 aliphatic heterocycles. The van der Waals surface area contributed by atoms with E-state index in [0.29, 0.717) is 18.3 Å². The van der Waals surface area contributed by atoms with Gasteiger partial charge in [0.05, 0.1) is 12.2 Å². The number of hydrogen-bond acceptors (Lipinski definition) is 4. The van der Waals surface area contributed by atoms with Crippen LogP contribution in [0.15, 0.2) is 16.5 Å². The summed E-state index contributed by atoms with van der Waals surface area (Å²) < 4.78 is 11.2. The molecular formula is C15H25NO3. The van der Waals surface area contributed by atoms with Gasteiger partial charge in [-0.3, -0.25) is 0 Å². The SMILES string of the molecule is Cc1ccc(C(C)(O)CNC2CC(C)OC(C)C2)o1. The van der Waals surface area contributed by atoms with Crippen molar-refractivity contribution in [2.75, 3.05) is 6.54 Å². The molecule has 3 atom stereocenters. The van der Waals surface area contributed by atoms with Gasteiger partial charge < -0.3 is 19.6 Å². The maximum atomic E-state index is 10.5. The summed E-state index contributed by atoms with van der Waals surface area (Å²) in [6.07, 6.45) is 2.52. The van der Waals surface area contributed by atoms with Gasteiger partial charge in [-0.05, 0) is 52.7 Å². The number of hydrogen-bond donors (Lipinski definition) is 2. The largest absolute Gasteiger partial charge is 0.463 e. The molecule has 0 spiro atoms. The Bertz CT molecular complexity index is 403. The van der Waals surface area contributed by atoms with Crippen molar-refractivity contribution in [2.45, 2.75) is 64.4 Å². The summed E-state index contributed by atoms with van der Waals surface area (Å²) in [6.45, 7) is 8.35. The highest BCUT2D eigenvalue weighted by Gasteiger charge is 2.30. The van der Waals surface area contributed by atoms with E-state index < -0.39 is 5.60 Å². The first-order valence-corrected chi connectivity index (χ1v) is 7.05. The molecule has 2 rings (SSSR count). The zero-order chi connectivity index (χ0) is 14.0. The van der Waals surface area contributed by atoms with Crippen LogP contribution in [0.2, 0.25) is 0 Å². The topological polar surface area (TPSA) is 54.6 Å². The Balaban J connectivity index is 1.90. The van der Waals surface area contributed by atoms with Gasteiger partial charge in [0.25, 0.3) is 0 Å². The van der Waals surface area contributed by atoms with Crippen LogP contribution in [-0.2, 0) is 10.3 Å². The minimum Gasteiger partial charge on any atom is -0.463 e. The summed E-state index contributed by atoms with van der Waals surface area (Å²) in [6, 6.07) is 4.11. The first kappa shape index (κ1) is 14.6. The van der Waals surface area contributed by atoms with E-state index in [1.807, 2.05) is 19.1 Å². The van der Waals surface area contributed by atoms with Crippen LogP contribution in [0.1, 0.15) is 45.1 Å². The molecular weight excluding hydrogens is 242 g/mol. The van der Waals surface area contributed by atoms with Crippen molar-refractivity contribution in [1.82, 2.24) is 5.32 Å². The predicted molar refractivity (Wildman–Crippen MR) is 74.0 cm³/mol. The lowest BCUT2D eigenvalue weighted by atomic mass is 9.97. The van der Waals surface area contributed by atoms with Gasteiger partial charge in [0.1, 0.15) is 17.1 Å². The van der Waals surface area contributed by atoms with E-state index in [0.717, 1.165) is 18.6 Å². The Kier molecular flexibility index (Phi) is 4.33. The van der Waals surface area contributed by atoms with Crippen LogP contribution < -0.4 is 5.32 Å². The summed E-state index contributed by atoms with van der Waals surface area (Å²) in [5, 5.41) is 13.9. The molecule has 1 aromatic heterocycles. The molecule has 0 radical (unpaired) electrons. The second-order valence-electron chi connectivity index (χ2n) is 5.99. The molecule has 19 heavy (non-hydrogen) atoms. The number of rotatable bonds is 4. The van der Waals surface area contributed by atoms with E-state index in [2.05, 4.69) is 19.2 Å². The molecule has 0 saturated carbocycles.